The normalized spacial score (nSPS) is 19.6. The van der Waals surface area contributed by atoms with Crippen molar-refractivity contribution in [2.45, 2.75) is 68.7 Å². The minimum absolute atomic E-state index is 0.0597. The molecular formula is C24H32F2N6O2S. The number of anilines is 1. The van der Waals surface area contributed by atoms with Crippen LogP contribution in [-0.2, 0) is 4.74 Å². The van der Waals surface area contributed by atoms with Gasteiger partial charge in [0.2, 0.25) is 0 Å². The predicted octanol–water partition coefficient (Wildman–Crippen LogP) is 4.71. The predicted molar refractivity (Wildman–Crippen MR) is 132 cm³/mol. The molecule has 0 saturated heterocycles. The summed E-state index contributed by atoms with van der Waals surface area (Å²) in [5, 5.41) is 21.4. The van der Waals surface area contributed by atoms with Gasteiger partial charge >= 0.3 is 0 Å². The first-order valence-corrected chi connectivity index (χ1v) is 13.1. The van der Waals surface area contributed by atoms with Gasteiger partial charge < -0.3 is 15.2 Å². The molecule has 5 rings (SSSR count). The fourth-order valence-electron chi connectivity index (χ4n) is 4.18. The van der Waals surface area contributed by atoms with E-state index in [1.807, 2.05) is 11.7 Å². The van der Waals surface area contributed by atoms with Gasteiger partial charge in [-0.25, -0.2) is 23.4 Å². The Bertz CT molecular complexity index is 1130. The number of halogens is 2. The topological polar surface area (TPSA) is 98.0 Å². The summed E-state index contributed by atoms with van der Waals surface area (Å²) in [6.45, 7) is 2.59. The van der Waals surface area contributed by atoms with Gasteiger partial charge in [-0.05, 0) is 62.1 Å². The Kier molecular flexibility index (Phi) is 8.85. The van der Waals surface area contributed by atoms with Gasteiger partial charge in [0.1, 0.15) is 0 Å². The van der Waals surface area contributed by atoms with E-state index >= 15 is 0 Å². The lowest BCUT2D eigenvalue weighted by Crippen LogP contribution is -2.14. The van der Waals surface area contributed by atoms with Crippen molar-refractivity contribution >= 4 is 28.7 Å². The van der Waals surface area contributed by atoms with Crippen molar-refractivity contribution in [2.75, 3.05) is 31.3 Å². The van der Waals surface area contributed by atoms with E-state index < -0.39 is 11.6 Å². The highest BCUT2D eigenvalue weighted by atomic mass is 32.2. The standard InChI is InChI=1S/C15H24N6O2S.C9H8F2/c1-3-8-24-15-17-13(16-2)12-14(18-15)21(20-19-12)10-4-5-11(9-10)23-7-6-22;10-8-4-3-7(5-9(8)11)6-1-2-6/h10-11,22H,3-9H2,1-2H3,(H,16,17,18);3-6H,1-2H2/t10-,11+;/m0./s1. The Morgan fingerprint density at radius 1 is 1.17 bits per heavy atom. The van der Waals surface area contributed by atoms with Crippen LogP contribution in [0.1, 0.15) is 63.0 Å². The van der Waals surface area contributed by atoms with Crippen LogP contribution in [0.25, 0.3) is 11.2 Å². The molecule has 0 spiro atoms. The van der Waals surface area contributed by atoms with E-state index in [1.165, 1.54) is 12.1 Å². The highest BCUT2D eigenvalue weighted by Gasteiger charge is 2.29. The number of fused-ring (bicyclic) bond motifs is 1. The second-order valence-electron chi connectivity index (χ2n) is 8.79. The van der Waals surface area contributed by atoms with Gasteiger partial charge in [0.15, 0.2) is 33.8 Å². The summed E-state index contributed by atoms with van der Waals surface area (Å²) in [6.07, 6.45) is 6.29. The summed E-state index contributed by atoms with van der Waals surface area (Å²) >= 11 is 1.65. The fraction of sp³-hybridized carbons (Fsp3) is 0.583. The van der Waals surface area contributed by atoms with Crippen molar-refractivity contribution < 1.29 is 18.6 Å². The average molecular weight is 507 g/mol. The van der Waals surface area contributed by atoms with Crippen molar-refractivity contribution in [1.29, 1.82) is 0 Å². The molecule has 0 aliphatic heterocycles. The Morgan fingerprint density at radius 3 is 2.69 bits per heavy atom. The summed E-state index contributed by atoms with van der Waals surface area (Å²) in [7, 11) is 1.84. The monoisotopic (exact) mass is 506 g/mol. The molecule has 8 nitrogen and oxygen atoms in total. The van der Waals surface area contributed by atoms with Crippen LogP contribution in [0.4, 0.5) is 14.6 Å². The third kappa shape index (κ3) is 6.45. The Hall–Kier alpha value is -2.37. The maximum atomic E-state index is 12.6. The molecule has 0 amide bonds. The molecule has 190 valence electrons. The highest BCUT2D eigenvalue weighted by molar-refractivity contribution is 7.99. The van der Waals surface area contributed by atoms with Gasteiger partial charge in [0.25, 0.3) is 0 Å². The van der Waals surface area contributed by atoms with E-state index in [0.29, 0.717) is 18.0 Å². The number of hydrogen-bond donors (Lipinski definition) is 2. The lowest BCUT2D eigenvalue weighted by atomic mass is 10.1. The number of nitrogens with one attached hydrogen (secondary N) is 1. The second kappa shape index (κ2) is 12.0. The molecule has 35 heavy (non-hydrogen) atoms. The number of aliphatic hydroxyl groups excluding tert-OH is 1. The van der Waals surface area contributed by atoms with Crippen molar-refractivity contribution in [3.05, 3.63) is 35.4 Å². The zero-order chi connectivity index (χ0) is 24.8. The molecule has 2 aliphatic carbocycles. The third-order valence-electron chi connectivity index (χ3n) is 6.12. The van der Waals surface area contributed by atoms with Gasteiger partial charge in [-0.2, -0.15) is 0 Å². The summed E-state index contributed by atoms with van der Waals surface area (Å²) in [6, 6.07) is 4.38. The summed E-state index contributed by atoms with van der Waals surface area (Å²) in [5.74, 6) is 0.710. The quantitative estimate of drug-likeness (QED) is 0.318. The van der Waals surface area contributed by atoms with Gasteiger partial charge in [-0.3, -0.25) is 0 Å². The SMILES string of the molecule is CCCSc1nc(NC)c2nnn([C@H]3CC[C@@H](OCCO)C3)c2n1.Fc1ccc(C2CC2)cc1F. The lowest BCUT2D eigenvalue weighted by Gasteiger charge is -2.12. The van der Waals surface area contributed by atoms with Crippen molar-refractivity contribution in [3.8, 4) is 0 Å². The van der Waals surface area contributed by atoms with Gasteiger partial charge in [-0.1, -0.05) is 30.0 Å². The molecule has 2 aromatic heterocycles. The van der Waals surface area contributed by atoms with E-state index in [9.17, 15) is 8.78 Å². The Labute approximate surface area is 207 Å². The first-order chi connectivity index (χ1) is 17.0. The van der Waals surface area contributed by atoms with Crippen LogP contribution in [-0.4, -0.2) is 62.2 Å². The first kappa shape index (κ1) is 25.7. The molecule has 2 saturated carbocycles. The highest BCUT2D eigenvalue weighted by Crippen LogP contribution is 2.40. The number of rotatable bonds is 9. The molecule has 11 heteroatoms. The van der Waals surface area contributed by atoms with Crippen molar-refractivity contribution in [1.82, 2.24) is 25.0 Å². The molecule has 2 heterocycles. The van der Waals surface area contributed by atoms with Crippen LogP contribution >= 0.6 is 11.8 Å². The molecule has 0 bridgehead atoms. The smallest absolute Gasteiger partial charge is 0.191 e. The molecule has 0 unspecified atom stereocenters. The van der Waals surface area contributed by atoms with Crippen molar-refractivity contribution in [2.24, 2.45) is 0 Å². The second-order valence-corrected chi connectivity index (χ2v) is 9.85. The zero-order valence-electron chi connectivity index (χ0n) is 20.1. The molecule has 2 aliphatic rings. The number of hydrogen-bond acceptors (Lipinski definition) is 8. The number of ether oxygens (including phenoxy) is 1. The van der Waals surface area contributed by atoms with Gasteiger partial charge in [0.05, 0.1) is 25.4 Å². The minimum atomic E-state index is -0.755. The lowest BCUT2D eigenvalue weighted by molar-refractivity contribution is 0.0309. The summed E-state index contributed by atoms with van der Waals surface area (Å²) in [4.78, 5) is 9.21. The maximum absolute atomic E-state index is 12.6. The fourth-order valence-corrected chi connectivity index (χ4v) is 4.88. The van der Waals surface area contributed by atoms with Gasteiger partial charge in [0, 0.05) is 12.8 Å². The molecule has 2 N–H and O–H groups in total. The van der Waals surface area contributed by atoms with Crippen molar-refractivity contribution in [3.63, 3.8) is 0 Å². The Balaban J connectivity index is 0.000000218. The van der Waals surface area contributed by atoms with E-state index in [4.69, 9.17) is 9.84 Å². The number of aliphatic hydroxyl groups is 1. The van der Waals surface area contributed by atoms with Crippen LogP contribution in [0.2, 0.25) is 0 Å². The number of thioether (sulfide) groups is 1. The summed E-state index contributed by atoms with van der Waals surface area (Å²) < 4.78 is 32.6. The molecule has 3 aromatic rings. The van der Waals surface area contributed by atoms with Crippen LogP contribution in [0.5, 0.6) is 0 Å². The van der Waals surface area contributed by atoms with E-state index in [-0.39, 0.29) is 18.8 Å². The molecule has 0 radical (unpaired) electrons. The van der Waals surface area contributed by atoms with Crippen LogP contribution in [0.3, 0.4) is 0 Å². The zero-order valence-corrected chi connectivity index (χ0v) is 20.9. The molecule has 2 fully saturated rings. The van der Waals surface area contributed by atoms with Gasteiger partial charge in [-0.15, -0.1) is 5.10 Å². The van der Waals surface area contributed by atoms with Crippen LogP contribution < -0.4 is 5.32 Å². The first-order valence-electron chi connectivity index (χ1n) is 12.1. The number of nitrogens with zero attached hydrogens (tertiary/aromatic N) is 5. The molecule has 1 aromatic carbocycles. The summed E-state index contributed by atoms with van der Waals surface area (Å²) in [5.41, 5.74) is 2.42. The van der Waals surface area contributed by atoms with E-state index in [0.717, 1.165) is 66.5 Å². The largest absolute Gasteiger partial charge is 0.394 e. The third-order valence-corrected chi connectivity index (χ3v) is 7.17. The average Bonchev–Trinajstić information content (AvgIpc) is 3.47. The number of benzene rings is 1. The maximum Gasteiger partial charge on any atom is 0.191 e. The number of aromatic nitrogens is 5. The van der Waals surface area contributed by atoms with E-state index in [2.05, 4.69) is 32.5 Å². The molecule has 2 atom stereocenters. The Morgan fingerprint density at radius 2 is 2.00 bits per heavy atom. The molecular weight excluding hydrogens is 474 g/mol. The van der Waals surface area contributed by atoms with E-state index in [1.54, 1.807) is 17.8 Å². The minimum Gasteiger partial charge on any atom is -0.394 e. The van der Waals surface area contributed by atoms with Crippen LogP contribution in [0.15, 0.2) is 23.4 Å². The van der Waals surface area contributed by atoms with Crippen LogP contribution in [0, 0.1) is 11.6 Å².